The van der Waals surface area contributed by atoms with Gasteiger partial charge in [-0.1, -0.05) is 24.8 Å². The Kier molecular flexibility index (Phi) is 3.94. The summed E-state index contributed by atoms with van der Waals surface area (Å²) < 4.78 is 43.3. The van der Waals surface area contributed by atoms with Crippen LogP contribution in [0.5, 0.6) is 0 Å². The van der Waals surface area contributed by atoms with Crippen molar-refractivity contribution in [1.82, 2.24) is 0 Å². The maximum atomic E-state index is 12.6. The van der Waals surface area contributed by atoms with Crippen LogP contribution in [0.15, 0.2) is 48.6 Å². The van der Waals surface area contributed by atoms with E-state index in [0.717, 1.165) is 12.1 Å². The first-order valence-corrected chi connectivity index (χ1v) is 6.49. The maximum Gasteiger partial charge on any atom is 0.416 e. The minimum absolute atomic E-state index is 0.251. The number of hydrogen-bond acceptors (Lipinski definition) is 2. The van der Waals surface area contributed by atoms with Crippen molar-refractivity contribution in [2.24, 2.45) is 0 Å². The molecule has 1 aromatic rings. The number of carbonyl (C=O) groups is 1. The van der Waals surface area contributed by atoms with Crippen LogP contribution in [0.1, 0.15) is 30.9 Å². The van der Waals surface area contributed by atoms with Crippen molar-refractivity contribution in [1.29, 1.82) is 0 Å². The summed E-state index contributed by atoms with van der Waals surface area (Å²) in [7, 11) is 0. The van der Waals surface area contributed by atoms with Crippen molar-refractivity contribution in [3.63, 3.8) is 0 Å². The third-order valence-electron chi connectivity index (χ3n) is 3.39. The molecular formula is C16H15F3O2. The first kappa shape index (κ1) is 15.4. The van der Waals surface area contributed by atoms with Gasteiger partial charge in [-0.3, -0.25) is 0 Å². The molecule has 2 rings (SSSR count). The SMILES string of the molecule is C=C(C)C(=O)OC1(c2ccc(C(F)(F)F)cc2)C=CCC1. The van der Waals surface area contributed by atoms with Gasteiger partial charge in [0.05, 0.1) is 5.56 Å². The van der Waals surface area contributed by atoms with Crippen LogP contribution in [0.2, 0.25) is 0 Å². The smallest absolute Gasteiger partial charge is 0.416 e. The third kappa shape index (κ3) is 3.17. The van der Waals surface area contributed by atoms with Crippen LogP contribution in [0.4, 0.5) is 13.2 Å². The zero-order valence-corrected chi connectivity index (χ0v) is 11.5. The number of halogens is 3. The molecule has 0 saturated heterocycles. The minimum Gasteiger partial charge on any atom is -0.447 e. The zero-order valence-electron chi connectivity index (χ0n) is 11.5. The lowest BCUT2D eigenvalue weighted by atomic mass is 9.92. The molecule has 1 atom stereocenters. The number of rotatable bonds is 3. The second-order valence-electron chi connectivity index (χ2n) is 5.08. The summed E-state index contributed by atoms with van der Waals surface area (Å²) >= 11 is 0. The van der Waals surface area contributed by atoms with Gasteiger partial charge in [0.1, 0.15) is 0 Å². The van der Waals surface area contributed by atoms with Crippen LogP contribution in [-0.4, -0.2) is 5.97 Å². The lowest BCUT2D eigenvalue weighted by Gasteiger charge is -2.28. The van der Waals surface area contributed by atoms with Crippen molar-refractivity contribution < 1.29 is 22.7 Å². The van der Waals surface area contributed by atoms with E-state index in [9.17, 15) is 18.0 Å². The molecular weight excluding hydrogens is 281 g/mol. The Labute approximate surface area is 120 Å². The quantitative estimate of drug-likeness (QED) is 0.470. The maximum absolute atomic E-state index is 12.6. The summed E-state index contributed by atoms with van der Waals surface area (Å²) in [6, 6.07) is 4.70. The molecule has 0 heterocycles. The van der Waals surface area contributed by atoms with Gasteiger partial charge >= 0.3 is 12.1 Å². The fraction of sp³-hybridized carbons (Fsp3) is 0.312. The highest BCUT2D eigenvalue weighted by atomic mass is 19.4. The summed E-state index contributed by atoms with van der Waals surface area (Å²) in [6.45, 7) is 5.05. The fourth-order valence-electron chi connectivity index (χ4n) is 2.23. The van der Waals surface area contributed by atoms with E-state index >= 15 is 0 Å². The van der Waals surface area contributed by atoms with Crippen LogP contribution < -0.4 is 0 Å². The monoisotopic (exact) mass is 296 g/mol. The van der Waals surface area contributed by atoms with E-state index < -0.39 is 23.3 Å². The molecule has 21 heavy (non-hydrogen) atoms. The molecule has 0 N–H and O–H groups in total. The van der Waals surface area contributed by atoms with Crippen molar-refractivity contribution >= 4 is 5.97 Å². The lowest BCUT2D eigenvalue weighted by Crippen LogP contribution is -2.29. The first-order chi connectivity index (χ1) is 9.74. The number of benzene rings is 1. The first-order valence-electron chi connectivity index (χ1n) is 6.49. The van der Waals surface area contributed by atoms with Crippen LogP contribution in [-0.2, 0) is 21.3 Å². The van der Waals surface area contributed by atoms with E-state index in [0.29, 0.717) is 18.4 Å². The second kappa shape index (κ2) is 5.39. The fourth-order valence-corrected chi connectivity index (χ4v) is 2.23. The Morgan fingerprint density at radius 1 is 1.29 bits per heavy atom. The van der Waals surface area contributed by atoms with Crippen LogP contribution in [0.3, 0.4) is 0 Å². The topological polar surface area (TPSA) is 26.3 Å². The molecule has 1 aliphatic rings. The predicted octanol–water partition coefficient (Wildman–Crippen LogP) is 4.37. The van der Waals surface area contributed by atoms with Gasteiger partial charge in [-0.2, -0.15) is 13.2 Å². The molecule has 1 unspecified atom stereocenters. The summed E-state index contributed by atoms with van der Waals surface area (Å²) in [5.74, 6) is -0.554. The van der Waals surface area contributed by atoms with Crippen molar-refractivity contribution in [2.75, 3.05) is 0 Å². The number of ether oxygens (including phenoxy) is 1. The van der Waals surface area contributed by atoms with E-state index in [-0.39, 0.29) is 5.57 Å². The second-order valence-corrected chi connectivity index (χ2v) is 5.08. The largest absolute Gasteiger partial charge is 0.447 e. The standard InChI is InChI=1S/C16H15F3O2/c1-11(2)14(20)21-15(9-3-4-10-15)12-5-7-13(8-6-12)16(17,18)19/h3,5-9H,1,4,10H2,2H3. The average molecular weight is 296 g/mol. The van der Waals surface area contributed by atoms with Crippen molar-refractivity contribution in [3.05, 3.63) is 59.7 Å². The molecule has 0 aromatic heterocycles. The number of carbonyl (C=O) groups excluding carboxylic acids is 1. The highest BCUT2D eigenvalue weighted by molar-refractivity contribution is 5.87. The minimum atomic E-state index is -4.38. The highest BCUT2D eigenvalue weighted by Gasteiger charge is 2.37. The molecule has 0 spiro atoms. The number of esters is 1. The molecule has 0 fully saturated rings. The molecule has 5 heteroatoms. The summed E-state index contributed by atoms with van der Waals surface area (Å²) in [4.78, 5) is 11.8. The molecule has 0 bridgehead atoms. The molecule has 112 valence electrons. The van der Waals surface area contributed by atoms with Crippen molar-refractivity contribution in [2.45, 2.75) is 31.5 Å². The average Bonchev–Trinajstić information content (AvgIpc) is 2.87. The third-order valence-corrected chi connectivity index (χ3v) is 3.39. The van der Waals surface area contributed by atoms with Crippen LogP contribution in [0.25, 0.3) is 0 Å². The van der Waals surface area contributed by atoms with E-state index in [1.54, 1.807) is 6.08 Å². The van der Waals surface area contributed by atoms with Gasteiger partial charge in [-0.05, 0) is 43.5 Å². The molecule has 2 nitrogen and oxygen atoms in total. The zero-order chi connectivity index (χ0) is 15.7. The lowest BCUT2D eigenvalue weighted by molar-refractivity contribution is -0.151. The Hall–Kier alpha value is -2.04. The predicted molar refractivity (Wildman–Crippen MR) is 72.4 cm³/mol. The molecule has 0 saturated carbocycles. The normalized spacial score (nSPS) is 21.3. The van der Waals surface area contributed by atoms with E-state index in [2.05, 4.69) is 6.58 Å². The highest BCUT2D eigenvalue weighted by Crippen LogP contribution is 2.39. The summed E-state index contributed by atoms with van der Waals surface area (Å²) in [5.41, 5.74) is -0.949. The Bertz CT molecular complexity index is 585. The van der Waals surface area contributed by atoms with Gasteiger partial charge in [-0.25, -0.2) is 4.79 Å². The molecule has 0 radical (unpaired) electrons. The number of hydrogen-bond donors (Lipinski definition) is 0. The van der Waals surface area contributed by atoms with Crippen molar-refractivity contribution in [3.8, 4) is 0 Å². The Morgan fingerprint density at radius 3 is 2.33 bits per heavy atom. The van der Waals surface area contributed by atoms with Crippen LogP contribution in [0, 0.1) is 0 Å². The van der Waals surface area contributed by atoms with Gasteiger partial charge in [0.25, 0.3) is 0 Å². The van der Waals surface area contributed by atoms with Gasteiger partial charge in [0, 0.05) is 5.57 Å². The molecule has 0 aliphatic heterocycles. The Balaban J connectivity index is 2.33. The van der Waals surface area contributed by atoms with Gasteiger partial charge in [0.2, 0.25) is 0 Å². The van der Waals surface area contributed by atoms with Gasteiger partial charge in [0.15, 0.2) is 5.60 Å². The van der Waals surface area contributed by atoms with Gasteiger partial charge < -0.3 is 4.74 Å². The van der Waals surface area contributed by atoms with E-state index in [1.165, 1.54) is 19.1 Å². The van der Waals surface area contributed by atoms with Crippen LogP contribution >= 0.6 is 0 Å². The van der Waals surface area contributed by atoms with Gasteiger partial charge in [-0.15, -0.1) is 0 Å². The Morgan fingerprint density at radius 2 is 1.90 bits per heavy atom. The van der Waals surface area contributed by atoms with E-state index in [4.69, 9.17) is 4.74 Å². The summed E-state index contributed by atoms with van der Waals surface area (Å²) in [5, 5.41) is 0. The molecule has 1 aromatic carbocycles. The molecule has 0 amide bonds. The van der Waals surface area contributed by atoms with E-state index in [1.807, 2.05) is 6.08 Å². The number of alkyl halides is 3. The molecule has 1 aliphatic carbocycles. The summed E-state index contributed by atoms with van der Waals surface area (Å²) in [6.07, 6.45) is 0.396. The number of allylic oxidation sites excluding steroid dienone is 1.